The minimum absolute atomic E-state index is 0.0131. The van der Waals surface area contributed by atoms with E-state index in [-0.39, 0.29) is 5.41 Å². The molecule has 0 heterocycles. The minimum atomic E-state index is -0.0131. The molecule has 0 aromatic heterocycles. The van der Waals surface area contributed by atoms with Crippen LogP contribution in [0.1, 0.15) is 29.6 Å². The normalized spacial score (nSPS) is 41.1. The van der Waals surface area contributed by atoms with E-state index >= 15 is 0 Å². The summed E-state index contributed by atoms with van der Waals surface area (Å²) in [5.74, 6) is 2.27. The maximum absolute atomic E-state index is 12.8. The zero-order valence-corrected chi connectivity index (χ0v) is 9.80. The number of benzene rings is 1. The first-order valence-electron chi connectivity index (χ1n) is 6.60. The fraction of sp³-hybridized carbons (Fsp3) is 0.438. The second kappa shape index (κ2) is 3.10. The van der Waals surface area contributed by atoms with Crippen molar-refractivity contribution in [3.63, 3.8) is 0 Å². The molecule has 17 heavy (non-hydrogen) atoms. The van der Waals surface area contributed by atoms with Gasteiger partial charge in [-0.2, -0.15) is 0 Å². The summed E-state index contributed by atoms with van der Waals surface area (Å²) in [4.78, 5) is 12.8. The molecule has 0 radical (unpaired) electrons. The van der Waals surface area contributed by atoms with Crippen LogP contribution < -0.4 is 0 Å². The van der Waals surface area contributed by atoms with Gasteiger partial charge in [0.1, 0.15) is 0 Å². The van der Waals surface area contributed by atoms with Crippen LogP contribution >= 0.6 is 0 Å². The molecule has 0 spiro atoms. The molecule has 1 aromatic carbocycles. The Bertz CT molecular complexity index is 502. The number of ketones is 1. The molecule has 0 N–H and O–H groups in total. The second-order valence-electron chi connectivity index (χ2n) is 5.77. The first kappa shape index (κ1) is 9.64. The molecule has 86 valence electrons. The van der Waals surface area contributed by atoms with Crippen LogP contribution in [-0.4, -0.2) is 5.78 Å². The van der Waals surface area contributed by atoms with Gasteiger partial charge < -0.3 is 0 Å². The summed E-state index contributed by atoms with van der Waals surface area (Å²) in [6.07, 6.45) is 8.25. The first-order chi connectivity index (χ1) is 8.32. The van der Waals surface area contributed by atoms with E-state index in [4.69, 9.17) is 0 Å². The van der Waals surface area contributed by atoms with Crippen molar-refractivity contribution >= 4 is 5.78 Å². The largest absolute Gasteiger partial charge is 0.294 e. The van der Waals surface area contributed by atoms with Gasteiger partial charge in [-0.1, -0.05) is 42.5 Å². The number of Topliss-reactive ketones (excluding diaryl/α,β-unsaturated/α-hetero) is 1. The molecule has 3 aliphatic carbocycles. The molecule has 4 unspecified atom stereocenters. The molecule has 0 amide bonds. The van der Waals surface area contributed by atoms with Gasteiger partial charge in [0.05, 0.1) is 0 Å². The smallest absolute Gasteiger partial charge is 0.169 e. The maximum atomic E-state index is 12.8. The monoisotopic (exact) mass is 224 g/mol. The summed E-state index contributed by atoms with van der Waals surface area (Å²) in [6, 6.07) is 9.87. The molecule has 4 atom stereocenters. The van der Waals surface area contributed by atoms with Crippen molar-refractivity contribution in [1.82, 2.24) is 0 Å². The van der Waals surface area contributed by atoms with Gasteiger partial charge in [0.15, 0.2) is 5.78 Å². The van der Waals surface area contributed by atoms with Crippen LogP contribution in [0.4, 0.5) is 0 Å². The van der Waals surface area contributed by atoms with Crippen molar-refractivity contribution in [2.24, 2.45) is 23.2 Å². The number of carbonyl (C=O) groups excluding carboxylic acids is 1. The summed E-state index contributed by atoms with van der Waals surface area (Å²) < 4.78 is 0. The van der Waals surface area contributed by atoms with Gasteiger partial charge in [0.2, 0.25) is 0 Å². The van der Waals surface area contributed by atoms with Crippen LogP contribution in [0.3, 0.4) is 0 Å². The van der Waals surface area contributed by atoms with Crippen LogP contribution in [0.2, 0.25) is 0 Å². The Morgan fingerprint density at radius 3 is 2.65 bits per heavy atom. The topological polar surface area (TPSA) is 17.1 Å². The van der Waals surface area contributed by atoms with Crippen LogP contribution in [-0.2, 0) is 0 Å². The number of hydrogen-bond donors (Lipinski definition) is 0. The molecular weight excluding hydrogens is 208 g/mol. The highest BCUT2D eigenvalue weighted by atomic mass is 16.1. The van der Waals surface area contributed by atoms with Gasteiger partial charge >= 0.3 is 0 Å². The van der Waals surface area contributed by atoms with E-state index in [1.165, 1.54) is 12.8 Å². The van der Waals surface area contributed by atoms with Crippen LogP contribution in [0, 0.1) is 23.2 Å². The number of allylic oxidation sites excluding steroid dienone is 2. The van der Waals surface area contributed by atoms with Crippen molar-refractivity contribution in [3.8, 4) is 0 Å². The van der Waals surface area contributed by atoms with Crippen LogP contribution in [0.15, 0.2) is 42.5 Å². The fourth-order valence-corrected chi connectivity index (χ4v) is 4.39. The predicted molar refractivity (Wildman–Crippen MR) is 66.7 cm³/mol. The summed E-state index contributed by atoms with van der Waals surface area (Å²) in [6.45, 7) is 0. The van der Waals surface area contributed by atoms with Crippen molar-refractivity contribution in [2.75, 3.05) is 0 Å². The van der Waals surface area contributed by atoms with E-state index in [9.17, 15) is 4.79 Å². The lowest BCUT2D eigenvalue weighted by Crippen LogP contribution is -2.49. The maximum Gasteiger partial charge on any atom is 0.169 e. The molecule has 2 bridgehead atoms. The van der Waals surface area contributed by atoms with Crippen LogP contribution in [0.5, 0.6) is 0 Å². The van der Waals surface area contributed by atoms with E-state index in [2.05, 4.69) is 12.2 Å². The zero-order valence-electron chi connectivity index (χ0n) is 9.80. The van der Waals surface area contributed by atoms with Crippen LogP contribution in [0.25, 0.3) is 0 Å². The molecule has 1 heteroatoms. The minimum Gasteiger partial charge on any atom is -0.294 e. The Labute approximate surface area is 102 Å². The van der Waals surface area contributed by atoms with Crippen molar-refractivity contribution in [2.45, 2.75) is 19.3 Å². The predicted octanol–water partition coefficient (Wildman–Crippen LogP) is 3.47. The summed E-state index contributed by atoms with van der Waals surface area (Å²) >= 11 is 0. The van der Waals surface area contributed by atoms with Gasteiger partial charge in [0.25, 0.3) is 0 Å². The average molecular weight is 224 g/mol. The third-order valence-electron chi connectivity index (χ3n) is 5.28. The highest BCUT2D eigenvalue weighted by Crippen LogP contribution is 2.67. The standard InChI is InChI=1S/C16H16O/c17-15(11-4-2-1-3-5-11)16-9-8-14(16)12-6-7-13(16)10-12/h1-7,12-14H,8-10H2. The van der Waals surface area contributed by atoms with E-state index in [0.29, 0.717) is 23.5 Å². The lowest BCUT2D eigenvalue weighted by atomic mass is 9.52. The second-order valence-corrected chi connectivity index (χ2v) is 5.77. The Kier molecular flexibility index (Phi) is 1.76. The van der Waals surface area contributed by atoms with E-state index < -0.39 is 0 Å². The average Bonchev–Trinajstić information content (AvgIpc) is 2.85. The van der Waals surface area contributed by atoms with Gasteiger partial charge in [0, 0.05) is 11.0 Å². The zero-order chi connectivity index (χ0) is 11.5. The van der Waals surface area contributed by atoms with Crippen molar-refractivity contribution in [1.29, 1.82) is 0 Å². The lowest BCUT2D eigenvalue weighted by Gasteiger charge is -2.49. The SMILES string of the molecule is O=C(c1ccccc1)C12CCC1C1C=CC2C1. The number of hydrogen-bond acceptors (Lipinski definition) is 1. The molecule has 4 rings (SSSR count). The highest BCUT2D eigenvalue weighted by Gasteiger charge is 2.64. The molecule has 0 saturated heterocycles. The lowest BCUT2D eigenvalue weighted by molar-refractivity contribution is 0.0203. The fourth-order valence-electron chi connectivity index (χ4n) is 4.39. The quantitative estimate of drug-likeness (QED) is 0.555. The Morgan fingerprint density at radius 1 is 1.18 bits per heavy atom. The molecule has 1 nitrogen and oxygen atoms in total. The summed E-state index contributed by atoms with van der Waals surface area (Å²) in [5.41, 5.74) is 0.902. The van der Waals surface area contributed by atoms with E-state index in [1.54, 1.807) is 0 Å². The highest BCUT2D eigenvalue weighted by molar-refractivity contribution is 6.02. The molecule has 3 aliphatic rings. The van der Waals surface area contributed by atoms with Crippen molar-refractivity contribution < 1.29 is 4.79 Å². The van der Waals surface area contributed by atoms with E-state index in [0.717, 1.165) is 12.0 Å². The number of fused-ring (bicyclic) bond motifs is 5. The molecule has 0 aliphatic heterocycles. The van der Waals surface area contributed by atoms with Gasteiger partial charge in [-0.25, -0.2) is 0 Å². The third kappa shape index (κ3) is 1.03. The van der Waals surface area contributed by atoms with Crippen molar-refractivity contribution in [3.05, 3.63) is 48.0 Å². The van der Waals surface area contributed by atoms with E-state index in [1.807, 2.05) is 30.3 Å². The van der Waals surface area contributed by atoms with Gasteiger partial charge in [-0.05, 0) is 37.0 Å². The third-order valence-corrected chi connectivity index (χ3v) is 5.28. The Morgan fingerprint density at radius 2 is 2.00 bits per heavy atom. The molecular formula is C16H16O. The van der Waals surface area contributed by atoms with Gasteiger partial charge in [-0.3, -0.25) is 4.79 Å². The Hall–Kier alpha value is -1.37. The first-order valence-corrected chi connectivity index (χ1v) is 6.60. The van der Waals surface area contributed by atoms with Gasteiger partial charge in [-0.15, -0.1) is 0 Å². The number of rotatable bonds is 2. The summed E-state index contributed by atoms with van der Waals surface area (Å²) in [5, 5.41) is 0. The molecule has 1 aromatic rings. The Balaban J connectivity index is 1.76. The molecule has 2 fully saturated rings. The molecule has 2 saturated carbocycles. The number of carbonyl (C=O) groups is 1. The summed E-state index contributed by atoms with van der Waals surface area (Å²) in [7, 11) is 0.